The van der Waals surface area contributed by atoms with Crippen LogP contribution in [0.1, 0.15) is 31.3 Å². The van der Waals surface area contributed by atoms with Crippen molar-refractivity contribution in [1.29, 1.82) is 0 Å². The van der Waals surface area contributed by atoms with Crippen LogP contribution in [-0.2, 0) is 0 Å². The second-order valence-corrected chi connectivity index (χ2v) is 5.69. The van der Waals surface area contributed by atoms with Gasteiger partial charge in [0.15, 0.2) is 5.69 Å². The van der Waals surface area contributed by atoms with Crippen LogP contribution in [0, 0.1) is 0 Å². The molecule has 19 heavy (non-hydrogen) atoms. The minimum absolute atomic E-state index is 0.0447. The highest BCUT2D eigenvalue weighted by atomic mass is 16.4. The number of anilines is 1. The molecule has 1 aromatic heterocycles. The maximum absolute atomic E-state index is 10.9. The van der Waals surface area contributed by atoms with Crippen molar-refractivity contribution in [3.63, 3.8) is 0 Å². The number of carboxylic acids is 1. The Balaban J connectivity index is 2.05. The van der Waals surface area contributed by atoms with Crippen molar-refractivity contribution in [1.82, 2.24) is 14.9 Å². The summed E-state index contributed by atoms with van der Waals surface area (Å²) in [5.74, 6) is -0.509. The summed E-state index contributed by atoms with van der Waals surface area (Å²) in [6.07, 6.45) is 1.50. The van der Waals surface area contributed by atoms with Crippen molar-refractivity contribution in [2.45, 2.75) is 26.3 Å². The van der Waals surface area contributed by atoms with E-state index in [4.69, 9.17) is 5.11 Å². The van der Waals surface area contributed by atoms with Crippen molar-refractivity contribution >= 4 is 11.9 Å². The number of hydrogen-bond donors (Lipinski definition) is 1. The molecule has 2 heterocycles. The van der Waals surface area contributed by atoms with Crippen LogP contribution in [0.4, 0.5) is 5.95 Å². The Kier molecular flexibility index (Phi) is 3.71. The highest BCUT2D eigenvalue weighted by Gasteiger charge is 2.26. The third-order valence-corrected chi connectivity index (χ3v) is 3.37. The van der Waals surface area contributed by atoms with Crippen LogP contribution in [0.5, 0.6) is 0 Å². The zero-order chi connectivity index (χ0) is 14.0. The zero-order valence-electron chi connectivity index (χ0n) is 11.6. The van der Waals surface area contributed by atoms with Crippen LogP contribution >= 0.6 is 0 Å². The summed E-state index contributed by atoms with van der Waals surface area (Å²) >= 11 is 0. The Morgan fingerprint density at radius 1 is 1.26 bits per heavy atom. The van der Waals surface area contributed by atoms with E-state index in [1.807, 2.05) is 4.90 Å². The number of piperazine rings is 1. The smallest absolute Gasteiger partial charge is 0.354 e. The Bertz CT molecular complexity index is 462. The lowest BCUT2D eigenvalue weighted by Gasteiger charge is -2.42. The van der Waals surface area contributed by atoms with E-state index in [0.29, 0.717) is 5.95 Å². The molecule has 0 spiro atoms. The molecule has 104 valence electrons. The lowest BCUT2D eigenvalue weighted by Crippen LogP contribution is -2.53. The van der Waals surface area contributed by atoms with Crippen LogP contribution in [0.3, 0.4) is 0 Å². The van der Waals surface area contributed by atoms with Crippen molar-refractivity contribution in [2.75, 3.05) is 31.1 Å². The fourth-order valence-corrected chi connectivity index (χ4v) is 2.20. The van der Waals surface area contributed by atoms with Gasteiger partial charge in [0.25, 0.3) is 0 Å². The Morgan fingerprint density at radius 3 is 2.42 bits per heavy atom. The minimum atomic E-state index is -1.02. The van der Waals surface area contributed by atoms with Crippen molar-refractivity contribution in [3.8, 4) is 0 Å². The lowest BCUT2D eigenvalue weighted by atomic mass is 10.1. The van der Waals surface area contributed by atoms with Crippen LogP contribution in [0.2, 0.25) is 0 Å². The van der Waals surface area contributed by atoms with Gasteiger partial charge < -0.3 is 10.0 Å². The number of carboxylic acid groups (broad SMARTS) is 1. The summed E-state index contributed by atoms with van der Waals surface area (Å²) in [5.41, 5.74) is 0.207. The quantitative estimate of drug-likeness (QED) is 0.862. The van der Waals surface area contributed by atoms with Gasteiger partial charge in [0, 0.05) is 37.9 Å². The molecule has 2 rings (SSSR count). The van der Waals surface area contributed by atoms with E-state index in [1.54, 1.807) is 0 Å². The van der Waals surface area contributed by atoms with E-state index in [2.05, 4.69) is 35.6 Å². The second-order valence-electron chi connectivity index (χ2n) is 5.69. The molecule has 1 aliphatic heterocycles. The van der Waals surface area contributed by atoms with Gasteiger partial charge in [0.2, 0.25) is 5.95 Å². The van der Waals surface area contributed by atoms with Gasteiger partial charge in [-0.3, -0.25) is 4.90 Å². The average Bonchev–Trinajstić information content (AvgIpc) is 2.38. The SMILES string of the molecule is CC(C)(C)N1CCN(c2nccc(C(=O)O)n2)CC1. The second kappa shape index (κ2) is 5.13. The summed E-state index contributed by atoms with van der Waals surface area (Å²) in [6.45, 7) is 10.1. The first-order valence-electron chi connectivity index (χ1n) is 6.44. The van der Waals surface area contributed by atoms with Gasteiger partial charge >= 0.3 is 5.97 Å². The Labute approximate surface area is 113 Å². The molecule has 6 heteroatoms. The van der Waals surface area contributed by atoms with E-state index in [-0.39, 0.29) is 11.2 Å². The Hall–Kier alpha value is -1.69. The summed E-state index contributed by atoms with van der Waals surface area (Å²) in [4.78, 5) is 23.6. The predicted molar refractivity (Wildman–Crippen MR) is 72.5 cm³/mol. The molecule has 1 fully saturated rings. The topological polar surface area (TPSA) is 69.6 Å². The van der Waals surface area contributed by atoms with Gasteiger partial charge in [-0.25, -0.2) is 14.8 Å². The number of aromatic carboxylic acids is 1. The third-order valence-electron chi connectivity index (χ3n) is 3.37. The first-order chi connectivity index (χ1) is 8.88. The molecule has 0 aliphatic carbocycles. The maximum Gasteiger partial charge on any atom is 0.354 e. The molecule has 1 aromatic rings. The minimum Gasteiger partial charge on any atom is -0.477 e. The summed E-state index contributed by atoms with van der Waals surface area (Å²) < 4.78 is 0. The monoisotopic (exact) mass is 264 g/mol. The third kappa shape index (κ3) is 3.20. The molecule has 6 nitrogen and oxygen atoms in total. The molecule has 0 amide bonds. The molecular formula is C13H20N4O2. The van der Waals surface area contributed by atoms with Crippen LogP contribution < -0.4 is 4.90 Å². The molecule has 0 aromatic carbocycles. The molecule has 0 radical (unpaired) electrons. The van der Waals surface area contributed by atoms with Crippen LogP contribution in [0.25, 0.3) is 0 Å². The van der Waals surface area contributed by atoms with Gasteiger partial charge in [-0.1, -0.05) is 0 Å². The summed E-state index contributed by atoms with van der Waals surface area (Å²) in [6, 6.07) is 1.41. The largest absolute Gasteiger partial charge is 0.477 e. The van der Waals surface area contributed by atoms with E-state index in [9.17, 15) is 4.79 Å². The average molecular weight is 264 g/mol. The number of carbonyl (C=O) groups is 1. The zero-order valence-corrected chi connectivity index (χ0v) is 11.6. The first kappa shape index (κ1) is 13.7. The van der Waals surface area contributed by atoms with E-state index in [0.717, 1.165) is 26.2 Å². The summed E-state index contributed by atoms with van der Waals surface area (Å²) in [7, 11) is 0. The highest BCUT2D eigenvalue weighted by molar-refractivity contribution is 5.85. The highest BCUT2D eigenvalue weighted by Crippen LogP contribution is 2.18. The molecule has 0 unspecified atom stereocenters. The fraction of sp³-hybridized carbons (Fsp3) is 0.615. The standard InChI is InChI=1S/C13H20N4O2/c1-13(2,3)17-8-6-16(7-9-17)12-14-5-4-10(15-12)11(18)19/h4-5H,6-9H2,1-3H3,(H,18,19). The lowest BCUT2D eigenvalue weighted by molar-refractivity contribution is 0.0690. The van der Waals surface area contributed by atoms with E-state index in [1.165, 1.54) is 12.3 Å². The molecule has 1 saturated heterocycles. The maximum atomic E-state index is 10.9. The van der Waals surface area contributed by atoms with Crippen LogP contribution in [0.15, 0.2) is 12.3 Å². The van der Waals surface area contributed by atoms with E-state index >= 15 is 0 Å². The van der Waals surface area contributed by atoms with Gasteiger partial charge in [-0.15, -0.1) is 0 Å². The molecule has 1 aliphatic rings. The Morgan fingerprint density at radius 2 is 1.89 bits per heavy atom. The van der Waals surface area contributed by atoms with Crippen LogP contribution in [-0.4, -0.2) is 57.7 Å². The van der Waals surface area contributed by atoms with Crippen molar-refractivity contribution in [2.24, 2.45) is 0 Å². The first-order valence-corrected chi connectivity index (χ1v) is 6.44. The number of aromatic nitrogens is 2. The molecule has 0 saturated carbocycles. The number of rotatable bonds is 2. The van der Waals surface area contributed by atoms with Gasteiger partial charge in [0.1, 0.15) is 0 Å². The molecule has 0 atom stereocenters. The van der Waals surface area contributed by atoms with Gasteiger partial charge in [0.05, 0.1) is 0 Å². The summed E-state index contributed by atoms with van der Waals surface area (Å²) in [5, 5.41) is 8.94. The molecule has 0 bridgehead atoms. The molecular weight excluding hydrogens is 244 g/mol. The predicted octanol–water partition coefficient (Wildman–Crippen LogP) is 1.10. The van der Waals surface area contributed by atoms with E-state index < -0.39 is 5.97 Å². The van der Waals surface area contributed by atoms with Gasteiger partial charge in [-0.2, -0.15) is 0 Å². The van der Waals surface area contributed by atoms with Crippen molar-refractivity contribution < 1.29 is 9.90 Å². The fourth-order valence-electron chi connectivity index (χ4n) is 2.20. The number of hydrogen-bond acceptors (Lipinski definition) is 5. The number of nitrogens with zero attached hydrogens (tertiary/aromatic N) is 4. The van der Waals surface area contributed by atoms with Gasteiger partial charge in [-0.05, 0) is 26.8 Å². The van der Waals surface area contributed by atoms with Crippen molar-refractivity contribution in [3.05, 3.63) is 18.0 Å². The molecule has 1 N–H and O–H groups in total. The normalized spacial score (nSPS) is 17.5.